The van der Waals surface area contributed by atoms with E-state index in [1.54, 1.807) is 66.9 Å². The minimum absolute atomic E-state index is 0.00508. The number of hydrogen-bond acceptors (Lipinski definition) is 5. The zero-order chi connectivity index (χ0) is 26.2. The number of nitrogens with zero attached hydrogens (tertiary/aromatic N) is 2. The van der Waals surface area contributed by atoms with Crippen LogP contribution in [0.25, 0.3) is 10.8 Å². The third kappa shape index (κ3) is 5.88. The van der Waals surface area contributed by atoms with Gasteiger partial charge in [0.25, 0.3) is 0 Å². The smallest absolute Gasteiger partial charge is 0.299 e. The first-order chi connectivity index (χ1) is 17.6. The van der Waals surface area contributed by atoms with Crippen molar-refractivity contribution in [3.05, 3.63) is 102 Å². The van der Waals surface area contributed by atoms with E-state index in [4.69, 9.17) is 0 Å². The topological polar surface area (TPSA) is 77.0 Å². The molecule has 9 heteroatoms. The van der Waals surface area contributed by atoms with Crippen molar-refractivity contribution in [1.82, 2.24) is 9.97 Å². The summed E-state index contributed by atoms with van der Waals surface area (Å²) in [7, 11) is -3.54. The molecule has 0 aliphatic heterocycles. The van der Waals surface area contributed by atoms with Crippen LogP contribution in [0.4, 0.5) is 13.2 Å². The Kier molecular flexibility index (Phi) is 6.58. The second kappa shape index (κ2) is 9.70. The van der Waals surface area contributed by atoms with Crippen molar-refractivity contribution in [3.63, 3.8) is 0 Å². The molecule has 5 rings (SSSR count). The van der Waals surface area contributed by atoms with Crippen molar-refractivity contribution in [1.29, 1.82) is 0 Å². The van der Waals surface area contributed by atoms with Gasteiger partial charge < -0.3 is 0 Å². The summed E-state index contributed by atoms with van der Waals surface area (Å²) in [4.78, 5) is 21.1. The van der Waals surface area contributed by atoms with Crippen LogP contribution in [0.2, 0.25) is 0 Å². The molecule has 2 heterocycles. The lowest BCUT2D eigenvalue weighted by molar-refractivity contribution is -0.127. The van der Waals surface area contributed by atoms with Crippen molar-refractivity contribution >= 4 is 26.4 Å². The van der Waals surface area contributed by atoms with Gasteiger partial charge in [0.1, 0.15) is 5.78 Å². The van der Waals surface area contributed by atoms with E-state index in [2.05, 4.69) is 9.97 Å². The summed E-state index contributed by atoms with van der Waals surface area (Å²) in [6, 6.07) is 16.8. The van der Waals surface area contributed by atoms with Gasteiger partial charge in [-0.1, -0.05) is 36.4 Å². The third-order valence-corrected chi connectivity index (χ3v) is 8.28. The Labute approximate surface area is 212 Å². The molecule has 190 valence electrons. The number of ketones is 1. The van der Waals surface area contributed by atoms with Crippen LogP contribution in [-0.4, -0.2) is 30.3 Å². The second-order valence-electron chi connectivity index (χ2n) is 9.39. The van der Waals surface area contributed by atoms with Gasteiger partial charge in [-0.25, -0.2) is 8.42 Å². The van der Waals surface area contributed by atoms with Crippen molar-refractivity contribution < 1.29 is 26.4 Å². The summed E-state index contributed by atoms with van der Waals surface area (Å²) in [5.41, 5.74) is 2.11. The first-order valence-corrected chi connectivity index (χ1v) is 13.4. The molecule has 0 bridgehead atoms. The van der Waals surface area contributed by atoms with Gasteiger partial charge in [0.2, 0.25) is 0 Å². The largest absolute Gasteiger partial charge is 0.393 e. The summed E-state index contributed by atoms with van der Waals surface area (Å²) < 4.78 is 64.3. The highest BCUT2D eigenvalue weighted by molar-refractivity contribution is 7.90. The molecule has 0 spiro atoms. The number of aromatic nitrogens is 2. The van der Waals surface area contributed by atoms with E-state index in [-0.39, 0.29) is 40.3 Å². The van der Waals surface area contributed by atoms with Crippen LogP contribution < -0.4 is 0 Å². The molecular formula is C28H23F3N2O3S. The van der Waals surface area contributed by atoms with Gasteiger partial charge in [0.05, 0.1) is 22.8 Å². The number of rotatable bonds is 8. The number of pyridine rings is 2. The Hall–Kier alpha value is -3.59. The van der Waals surface area contributed by atoms with Gasteiger partial charge in [-0.05, 0) is 58.7 Å². The van der Waals surface area contributed by atoms with Crippen molar-refractivity contribution in [2.24, 2.45) is 5.92 Å². The van der Waals surface area contributed by atoms with Crippen LogP contribution in [0.15, 0.2) is 84.1 Å². The number of Topliss-reactive ketones (excluding diaryl/α,β-unsaturated/α-hetero) is 1. The van der Waals surface area contributed by atoms with E-state index in [1.807, 2.05) is 0 Å². The number of carbonyl (C=O) groups excluding carboxylic acids is 1. The molecule has 1 aliphatic rings. The Morgan fingerprint density at radius 3 is 2.49 bits per heavy atom. The fourth-order valence-corrected chi connectivity index (χ4v) is 5.95. The SMILES string of the molecule is O=C(Cc1ccc2cncc(CC(F)(F)F)c2c1)[C@@H]1CC1c1ccc(S(=O)(=O)Cc2ccccn2)cc1. The van der Waals surface area contributed by atoms with Gasteiger partial charge in [0.15, 0.2) is 9.84 Å². The number of hydrogen-bond donors (Lipinski definition) is 0. The van der Waals surface area contributed by atoms with Crippen molar-refractivity contribution in [3.8, 4) is 0 Å². The maximum absolute atomic E-state index is 13.0. The quantitative estimate of drug-likeness (QED) is 0.299. The van der Waals surface area contributed by atoms with E-state index >= 15 is 0 Å². The number of halogens is 3. The minimum atomic E-state index is -4.35. The average Bonchev–Trinajstić information content (AvgIpc) is 3.65. The van der Waals surface area contributed by atoms with Gasteiger partial charge in [-0.3, -0.25) is 14.8 Å². The maximum Gasteiger partial charge on any atom is 0.393 e. The van der Waals surface area contributed by atoms with Crippen molar-refractivity contribution in [2.45, 2.75) is 42.0 Å². The molecule has 0 N–H and O–H groups in total. The molecule has 1 aliphatic carbocycles. The third-order valence-electron chi connectivity index (χ3n) is 6.61. The van der Waals surface area contributed by atoms with Crippen LogP contribution in [0.3, 0.4) is 0 Å². The average molecular weight is 525 g/mol. The lowest BCUT2D eigenvalue weighted by atomic mass is 9.98. The van der Waals surface area contributed by atoms with E-state index in [9.17, 15) is 26.4 Å². The molecule has 2 aromatic carbocycles. The Bertz CT molecular complexity index is 1550. The van der Waals surface area contributed by atoms with Crippen LogP contribution in [0, 0.1) is 5.92 Å². The molecule has 2 aromatic heterocycles. The van der Waals surface area contributed by atoms with Crippen LogP contribution >= 0.6 is 0 Å². The fraction of sp³-hybridized carbons (Fsp3) is 0.250. The zero-order valence-corrected chi connectivity index (χ0v) is 20.5. The highest BCUT2D eigenvalue weighted by Gasteiger charge is 2.43. The molecular weight excluding hydrogens is 501 g/mol. The first-order valence-electron chi connectivity index (χ1n) is 11.8. The summed E-state index contributed by atoms with van der Waals surface area (Å²) in [5, 5.41) is 1.05. The lowest BCUT2D eigenvalue weighted by Crippen LogP contribution is -2.12. The van der Waals surface area contributed by atoms with E-state index in [0.29, 0.717) is 28.5 Å². The minimum Gasteiger partial charge on any atom is -0.299 e. The van der Waals surface area contributed by atoms with E-state index in [0.717, 1.165) is 5.56 Å². The monoisotopic (exact) mass is 524 g/mol. The van der Waals surface area contributed by atoms with Gasteiger partial charge in [-0.15, -0.1) is 0 Å². The van der Waals surface area contributed by atoms with E-state index in [1.165, 1.54) is 12.4 Å². The summed E-state index contributed by atoms with van der Waals surface area (Å²) >= 11 is 0. The van der Waals surface area contributed by atoms with Crippen molar-refractivity contribution in [2.75, 3.05) is 0 Å². The van der Waals surface area contributed by atoms with Crippen LogP contribution in [0.1, 0.15) is 34.7 Å². The number of alkyl halides is 3. The van der Waals surface area contributed by atoms with Crippen LogP contribution in [-0.2, 0) is 33.2 Å². The number of sulfone groups is 1. The molecule has 0 radical (unpaired) electrons. The zero-order valence-electron chi connectivity index (χ0n) is 19.6. The molecule has 1 unspecified atom stereocenters. The maximum atomic E-state index is 13.0. The standard InChI is InChI=1S/C28H23F3N2O3S/c29-28(30,31)14-21-16-32-15-20-5-4-18(11-24(20)21)12-27(34)26-13-25(26)19-6-8-23(9-7-19)37(35,36)17-22-3-1-2-10-33-22/h1-11,15-16,25-26H,12-14,17H2/t25?,26-/m1/s1. The molecule has 37 heavy (non-hydrogen) atoms. The Morgan fingerprint density at radius 1 is 1.00 bits per heavy atom. The van der Waals surface area contributed by atoms with E-state index < -0.39 is 22.4 Å². The molecule has 1 saturated carbocycles. The normalized spacial score (nSPS) is 17.6. The second-order valence-corrected chi connectivity index (χ2v) is 11.4. The fourth-order valence-electron chi connectivity index (χ4n) is 4.67. The summed E-state index contributed by atoms with van der Waals surface area (Å²) in [6.45, 7) is 0. The lowest BCUT2D eigenvalue weighted by Gasteiger charge is -2.10. The Morgan fingerprint density at radius 2 is 1.78 bits per heavy atom. The molecule has 5 nitrogen and oxygen atoms in total. The highest BCUT2D eigenvalue weighted by atomic mass is 32.2. The number of benzene rings is 2. The number of carbonyl (C=O) groups is 1. The van der Waals surface area contributed by atoms with Crippen LogP contribution in [0.5, 0.6) is 0 Å². The highest BCUT2D eigenvalue weighted by Crippen LogP contribution is 2.48. The first kappa shape index (κ1) is 25.1. The Balaban J connectivity index is 1.25. The molecule has 2 atom stereocenters. The molecule has 0 amide bonds. The van der Waals surface area contributed by atoms with Gasteiger partial charge in [0, 0.05) is 36.3 Å². The molecule has 4 aromatic rings. The summed E-state index contributed by atoms with van der Waals surface area (Å²) in [6.07, 6.45) is -0.355. The van der Waals surface area contributed by atoms with Gasteiger partial charge >= 0.3 is 6.18 Å². The number of fused-ring (bicyclic) bond motifs is 1. The summed E-state index contributed by atoms with van der Waals surface area (Å²) in [5.74, 6) is -0.364. The molecule has 0 saturated heterocycles. The van der Waals surface area contributed by atoms with Gasteiger partial charge in [-0.2, -0.15) is 13.2 Å². The molecule has 1 fully saturated rings. The predicted molar refractivity (Wildman–Crippen MR) is 133 cm³/mol. The predicted octanol–water partition coefficient (Wildman–Crippen LogP) is 5.62.